The monoisotopic (exact) mass is 294 g/mol. The quantitative estimate of drug-likeness (QED) is 0.692. The summed E-state index contributed by atoms with van der Waals surface area (Å²) in [6, 6.07) is 5.82. The Balaban J connectivity index is 2.13. The van der Waals surface area contributed by atoms with Crippen LogP contribution in [0.4, 0.5) is 11.4 Å². The lowest BCUT2D eigenvalue weighted by atomic mass is 10.2. The Kier molecular flexibility index (Phi) is 3.99. The molecule has 1 heterocycles. The minimum atomic E-state index is -0.598. The van der Waals surface area contributed by atoms with E-state index < -0.39 is 10.8 Å². The van der Waals surface area contributed by atoms with E-state index in [1.165, 1.54) is 22.9 Å². The number of nitrogens with one attached hydrogen (secondary N) is 1. The molecule has 0 bridgehead atoms. The maximum absolute atomic E-state index is 11.8. The van der Waals surface area contributed by atoms with Crippen molar-refractivity contribution in [2.24, 2.45) is 0 Å². The molecule has 0 aliphatic rings. The predicted molar refractivity (Wildman–Crippen MR) is 73.7 cm³/mol. The number of nitro benzene ring substituents is 1. The van der Waals surface area contributed by atoms with Gasteiger partial charge in [0.05, 0.1) is 10.6 Å². The standard InChI is InChI=1S/C12H11ClN4O3/c1-8-4-5-16(15-8)7-12(18)14-10-3-2-9(13)6-11(10)17(19)20/h2-6H,7H2,1H3,(H,14,18). The Hall–Kier alpha value is -2.41. The number of aromatic nitrogens is 2. The summed E-state index contributed by atoms with van der Waals surface area (Å²) in [6.45, 7) is 1.78. The molecular formula is C12H11ClN4O3. The van der Waals surface area contributed by atoms with Crippen LogP contribution in [-0.2, 0) is 11.3 Å². The van der Waals surface area contributed by atoms with Gasteiger partial charge in [-0.3, -0.25) is 19.6 Å². The molecule has 0 spiro atoms. The van der Waals surface area contributed by atoms with Gasteiger partial charge in [0.1, 0.15) is 12.2 Å². The van der Waals surface area contributed by atoms with Crippen LogP contribution in [0.1, 0.15) is 5.69 Å². The molecule has 2 aromatic rings. The molecule has 7 nitrogen and oxygen atoms in total. The first-order valence-corrected chi connectivity index (χ1v) is 6.07. The molecule has 0 fully saturated rings. The van der Waals surface area contributed by atoms with Gasteiger partial charge in [0.2, 0.25) is 5.91 Å². The summed E-state index contributed by atoms with van der Waals surface area (Å²) in [5, 5.41) is 17.7. The smallest absolute Gasteiger partial charge is 0.294 e. The average molecular weight is 295 g/mol. The van der Waals surface area contributed by atoms with Crippen molar-refractivity contribution in [1.82, 2.24) is 9.78 Å². The number of carbonyl (C=O) groups is 1. The van der Waals surface area contributed by atoms with Crippen molar-refractivity contribution >= 4 is 28.9 Å². The predicted octanol–water partition coefficient (Wildman–Crippen LogP) is 2.39. The molecule has 1 aromatic carbocycles. The SMILES string of the molecule is Cc1ccn(CC(=O)Nc2ccc(Cl)cc2[N+](=O)[O-])n1. The van der Waals surface area contributed by atoms with Gasteiger partial charge in [-0.25, -0.2) is 0 Å². The van der Waals surface area contributed by atoms with Crippen molar-refractivity contribution < 1.29 is 9.72 Å². The average Bonchev–Trinajstić information content (AvgIpc) is 2.76. The number of hydrogen-bond donors (Lipinski definition) is 1. The number of carbonyl (C=O) groups excluding carboxylic acids is 1. The number of benzene rings is 1. The summed E-state index contributed by atoms with van der Waals surface area (Å²) in [7, 11) is 0. The largest absolute Gasteiger partial charge is 0.319 e. The Morgan fingerprint density at radius 3 is 2.85 bits per heavy atom. The van der Waals surface area contributed by atoms with Crippen LogP contribution in [0, 0.1) is 17.0 Å². The van der Waals surface area contributed by atoms with Crippen LogP contribution in [0.5, 0.6) is 0 Å². The van der Waals surface area contributed by atoms with Gasteiger partial charge < -0.3 is 5.32 Å². The summed E-state index contributed by atoms with van der Waals surface area (Å²) in [5.74, 6) is -0.404. The maximum Gasteiger partial charge on any atom is 0.294 e. The topological polar surface area (TPSA) is 90.1 Å². The van der Waals surface area contributed by atoms with Crippen molar-refractivity contribution in [3.05, 3.63) is 51.3 Å². The van der Waals surface area contributed by atoms with Gasteiger partial charge in [0.15, 0.2) is 0 Å². The van der Waals surface area contributed by atoms with Crippen molar-refractivity contribution in [2.45, 2.75) is 13.5 Å². The third-order valence-electron chi connectivity index (χ3n) is 2.51. The number of halogens is 1. The van der Waals surface area contributed by atoms with E-state index in [2.05, 4.69) is 10.4 Å². The molecule has 1 amide bonds. The van der Waals surface area contributed by atoms with E-state index >= 15 is 0 Å². The minimum Gasteiger partial charge on any atom is -0.319 e. The Labute approximate surface area is 119 Å². The fourth-order valence-corrected chi connectivity index (χ4v) is 1.82. The second kappa shape index (κ2) is 5.70. The van der Waals surface area contributed by atoms with Gasteiger partial charge in [0, 0.05) is 17.3 Å². The molecule has 0 saturated heterocycles. The van der Waals surface area contributed by atoms with Gasteiger partial charge in [-0.1, -0.05) is 11.6 Å². The zero-order valence-corrected chi connectivity index (χ0v) is 11.3. The molecule has 0 aliphatic carbocycles. The maximum atomic E-state index is 11.8. The zero-order chi connectivity index (χ0) is 14.7. The highest BCUT2D eigenvalue weighted by Gasteiger charge is 2.16. The Morgan fingerprint density at radius 1 is 1.50 bits per heavy atom. The Bertz CT molecular complexity index is 668. The molecule has 0 unspecified atom stereocenters. The van der Waals surface area contributed by atoms with Gasteiger partial charge in [-0.2, -0.15) is 5.10 Å². The molecule has 0 radical (unpaired) electrons. The lowest BCUT2D eigenvalue weighted by Gasteiger charge is -2.06. The molecule has 0 atom stereocenters. The number of amides is 1. The summed E-state index contributed by atoms with van der Waals surface area (Å²) in [5.41, 5.74) is 0.644. The number of rotatable bonds is 4. The highest BCUT2D eigenvalue weighted by atomic mass is 35.5. The summed E-state index contributed by atoms with van der Waals surface area (Å²) >= 11 is 5.70. The van der Waals surface area contributed by atoms with Gasteiger partial charge in [-0.15, -0.1) is 0 Å². The fraction of sp³-hybridized carbons (Fsp3) is 0.167. The van der Waals surface area contributed by atoms with Crippen LogP contribution in [0.25, 0.3) is 0 Å². The van der Waals surface area contributed by atoms with E-state index in [1.54, 1.807) is 19.2 Å². The molecule has 8 heteroatoms. The van der Waals surface area contributed by atoms with Crippen LogP contribution in [0.3, 0.4) is 0 Å². The first kappa shape index (κ1) is 14.0. The third kappa shape index (κ3) is 3.33. The molecular weight excluding hydrogens is 284 g/mol. The highest BCUT2D eigenvalue weighted by Crippen LogP contribution is 2.27. The second-order valence-corrected chi connectivity index (χ2v) is 4.56. The first-order chi connectivity index (χ1) is 9.45. The fourth-order valence-electron chi connectivity index (χ4n) is 1.65. The summed E-state index contributed by atoms with van der Waals surface area (Å²) < 4.78 is 1.45. The molecule has 20 heavy (non-hydrogen) atoms. The summed E-state index contributed by atoms with van der Waals surface area (Å²) in [6.07, 6.45) is 1.66. The van der Waals surface area contributed by atoms with Crippen LogP contribution >= 0.6 is 11.6 Å². The molecule has 0 aliphatic heterocycles. The van der Waals surface area contributed by atoms with E-state index in [1.807, 2.05) is 0 Å². The normalized spacial score (nSPS) is 10.3. The van der Waals surface area contributed by atoms with E-state index in [-0.39, 0.29) is 22.9 Å². The summed E-state index contributed by atoms with van der Waals surface area (Å²) in [4.78, 5) is 22.1. The molecule has 104 valence electrons. The molecule has 1 aromatic heterocycles. The van der Waals surface area contributed by atoms with Crippen LogP contribution in [0.15, 0.2) is 30.5 Å². The lowest BCUT2D eigenvalue weighted by Crippen LogP contribution is -2.19. The van der Waals surface area contributed by atoms with E-state index in [0.717, 1.165) is 5.69 Å². The minimum absolute atomic E-state index is 0.0202. The second-order valence-electron chi connectivity index (χ2n) is 4.12. The van der Waals surface area contributed by atoms with Gasteiger partial charge >= 0.3 is 0 Å². The third-order valence-corrected chi connectivity index (χ3v) is 2.75. The number of anilines is 1. The molecule has 1 N–H and O–H groups in total. The van der Waals surface area contributed by atoms with Crippen LogP contribution < -0.4 is 5.32 Å². The molecule has 2 rings (SSSR count). The molecule has 0 saturated carbocycles. The number of aryl methyl sites for hydroxylation is 1. The highest BCUT2D eigenvalue weighted by molar-refractivity contribution is 6.31. The number of nitro groups is 1. The van der Waals surface area contributed by atoms with E-state index in [4.69, 9.17) is 11.6 Å². The van der Waals surface area contributed by atoms with Crippen LogP contribution in [0.2, 0.25) is 5.02 Å². The van der Waals surface area contributed by atoms with Gasteiger partial charge in [0.25, 0.3) is 5.69 Å². The zero-order valence-electron chi connectivity index (χ0n) is 10.5. The van der Waals surface area contributed by atoms with E-state index in [9.17, 15) is 14.9 Å². The van der Waals surface area contributed by atoms with Crippen molar-refractivity contribution in [3.63, 3.8) is 0 Å². The van der Waals surface area contributed by atoms with Crippen molar-refractivity contribution in [1.29, 1.82) is 0 Å². The first-order valence-electron chi connectivity index (χ1n) is 5.69. The van der Waals surface area contributed by atoms with Crippen molar-refractivity contribution in [3.8, 4) is 0 Å². The van der Waals surface area contributed by atoms with Gasteiger partial charge in [-0.05, 0) is 25.1 Å². The van der Waals surface area contributed by atoms with E-state index in [0.29, 0.717) is 0 Å². The number of hydrogen-bond acceptors (Lipinski definition) is 4. The van der Waals surface area contributed by atoms with Crippen molar-refractivity contribution in [2.75, 3.05) is 5.32 Å². The Morgan fingerprint density at radius 2 is 2.25 bits per heavy atom. The van der Waals surface area contributed by atoms with Crippen LogP contribution in [-0.4, -0.2) is 20.6 Å². The number of nitrogens with zero attached hydrogens (tertiary/aromatic N) is 3. The lowest BCUT2D eigenvalue weighted by molar-refractivity contribution is -0.383.